The summed E-state index contributed by atoms with van der Waals surface area (Å²) in [6.45, 7) is 0.356. The summed E-state index contributed by atoms with van der Waals surface area (Å²) in [5, 5.41) is 11.5. The highest BCUT2D eigenvalue weighted by atomic mass is 35.5. The fourth-order valence-corrected chi connectivity index (χ4v) is 5.02. The third-order valence-corrected chi connectivity index (χ3v) is 7.35. The van der Waals surface area contributed by atoms with Crippen LogP contribution in [0, 0.1) is 10.1 Å². The first-order valence-electron chi connectivity index (χ1n) is 9.62. The number of halogens is 1. The fourth-order valence-electron chi connectivity index (χ4n) is 3.61. The molecule has 1 amide bonds. The van der Waals surface area contributed by atoms with Crippen LogP contribution in [-0.4, -0.2) is 32.8 Å². The normalized spacial score (nSPS) is 13.0. The predicted octanol–water partition coefficient (Wildman–Crippen LogP) is 4.28. The molecule has 0 N–H and O–H groups in total. The van der Waals surface area contributed by atoms with Gasteiger partial charge in [-0.1, -0.05) is 29.8 Å². The molecule has 0 saturated heterocycles. The Morgan fingerprint density at radius 1 is 1.09 bits per heavy atom. The van der Waals surface area contributed by atoms with Crippen molar-refractivity contribution < 1.29 is 18.1 Å². The summed E-state index contributed by atoms with van der Waals surface area (Å²) >= 11 is 5.98. The standard InChI is InChI=1S/C22H18ClN3O5S/c1-24(18-6-3-5-17(23)13-18)32(30,31)20-7-2-4-16(12-20)22(27)25-11-10-15-8-9-19(26(28)29)14-21(15)25/h2-9,12-14H,10-11H2,1H3. The average molecular weight is 472 g/mol. The first-order chi connectivity index (χ1) is 15.2. The molecule has 3 aromatic carbocycles. The summed E-state index contributed by atoms with van der Waals surface area (Å²) in [4.78, 5) is 25.2. The quantitative estimate of drug-likeness (QED) is 0.408. The minimum atomic E-state index is -3.95. The van der Waals surface area contributed by atoms with Crippen LogP contribution in [0.3, 0.4) is 0 Å². The van der Waals surface area contributed by atoms with E-state index in [9.17, 15) is 23.3 Å². The predicted molar refractivity (Wildman–Crippen MR) is 122 cm³/mol. The van der Waals surface area contributed by atoms with Gasteiger partial charge in [-0.15, -0.1) is 0 Å². The van der Waals surface area contributed by atoms with Crippen LogP contribution in [0.15, 0.2) is 71.6 Å². The number of carbonyl (C=O) groups excluding carboxylic acids is 1. The zero-order chi connectivity index (χ0) is 23.0. The molecule has 0 aliphatic carbocycles. The lowest BCUT2D eigenvalue weighted by molar-refractivity contribution is -0.384. The maximum absolute atomic E-state index is 13.2. The number of fused-ring (bicyclic) bond motifs is 1. The van der Waals surface area contributed by atoms with E-state index in [-0.39, 0.29) is 16.1 Å². The Hall–Kier alpha value is -3.43. The molecule has 0 fully saturated rings. The van der Waals surface area contributed by atoms with Gasteiger partial charge in [-0.2, -0.15) is 0 Å². The summed E-state index contributed by atoms with van der Waals surface area (Å²) in [7, 11) is -2.54. The van der Waals surface area contributed by atoms with Gasteiger partial charge in [-0.25, -0.2) is 8.42 Å². The molecule has 0 aromatic heterocycles. The van der Waals surface area contributed by atoms with E-state index in [1.807, 2.05) is 0 Å². The summed E-state index contributed by atoms with van der Waals surface area (Å²) in [5.74, 6) is -0.424. The summed E-state index contributed by atoms with van der Waals surface area (Å²) in [6.07, 6.45) is 0.564. The minimum Gasteiger partial charge on any atom is -0.307 e. The topological polar surface area (TPSA) is 101 Å². The molecule has 1 aliphatic heterocycles. The lowest BCUT2D eigenvalue weighted by atomic mass is 10.1. The Labute approximate surface area is 189 Å². The van der Waals surface area contributed by atoms with Crippen molar-refractivity contribution in [3.8, 4) is 0 Å². The fraction of sp³-hybridized carbons (Fsp3) is 0.136. The number of hydrogen-bond acceptors (Lipinski definition) is 5. The van der Waals surface area contributed by atoms with Crippen LogP contribution < -0.4 is 9.21 Å². The number of nitro benzene ring substituents is 1. The number of hydrogen-bond donors (Lipinski definition) is 0. The molecule has 1 aliphatic rings. The molecule has 3 aromatic rings. The molecule has 8 nitrogen and oxygen atoms in total. The lowest BCUT2D eigenvalue weighted by Gasteiger charge is -2.21. The third-order valence-electron chi connectivity index (χ3n) is 5.33. The maximum Gasteiger partial charge on any atom is 0.271 e. The first kappa shape index (κ1) is 21.8. The van der Waals surface area contributed by atoms with Crippen molar-refractivity contribution in [1.29, 1.82) is 0 Å². The molecule has 0 spiro atoms. The van der Waals surface area contributed by atoms with Crippen LogP contribution in [0.25, 0.3) is 0 Å². The Balaban J connectivity index is 1.66. The second kappa shape index (κ2) is 8.25. The number of nitro groups is 1. The number of anilines is 2. The lowest BCUT2D eigenvalue weighted by Crippen LogP contribution is -2.30. The zero-order valence-electron chi connectivity index (χ0n) is 16.9. The van der Waals surface area contributed by atoms with Crippen molar-refractivity contribution in [2.24, 2.45) is 0 Å². The summed E-state index contributed by atoms with van der Waals surface area (Å²) in [6, 6.07) is 16.6. The highest BCUT2D eigenvalue weighted by molar-refractivity contribution is 7.92. The molecule has 4 rings (SSSR count). The van der Waals surface area contributed by atoms with Gasteiger partial charge in [0.05, 0.1) is 21.2 Å². The molecular weight excluding hydrogens is 454 g/mol. The Bertz CT molecular complexity index is 1340. The average Bonchev–Trinajstić information content (AvgIpc) is 3.21. The molecule has 0 saturated carbocycles. The van der Waals surface area contributed by atoms with Crippen LogP contribution in [-0.2, 0) is 16.4 Å². The van der Waals surface area contributed by atoms with E-state index < -0.39 is 20.9 Å². The smallest absolute Gasteiger partial charge is 0.271 e. The van der Waals surface area contributed by atoms with Crippen LogP contribution >= 0.6 is 11.6 Å². The second-order valence-electron chi connectivity index (χ2n) is 7.26. The van der Waals surface area contributed by atoms with Crippen molar-refractivity contribution in [3.63, 3.8) is 0 Å². The van der Waals surface area contributed by atoms with Crippen molar-refractivity contribution in [3.05, 3.63) is 93.0 Å². The highest BCUT2D eigenvalue weighted by Gasteiger charge is 2.29. The molecule has 0 bridgehead atoms. The largest absolute Gasteiger partial charge is 0.307 e. The third kappa shape index (κ3) is 3.92. The van der Waals surface area contributed by atoms with Crippen LogP contribution in [0.2, 0.25) is 5.02 Å². The van der Waals surface area contributed by atoms with Gasteiger partial charge in [0.2, 0.25) is 0 Å². The van der Waals surface area contributed by atoms with E-state index in [1.54, 1.807) is 24.3 Å². The van der Waals surface area contributed by atoms with Gasteiger partial charge in [0.15, 0.2) is 0 Å². The molecule has 32 heavy (non-hydrogen) atoms. The van der Waals surface area contributed by atoms with Crippen molar-refractivity contribution in [2.75, 3.05) is 22.8 Å². The zero-order valence-corrected chi connectivity index (χ0v) is 18.5. The van der Waals surface area contributed by atoms with Gasteiger partial charge in [0, 0.05) is 36.3 Å². The molecule has 0 atom stereocenters. The Morgan fingerprint density at radius 3 is 2.56 bits per heavy atom. The van der Waals surface area contributed by atoms with Crippen molar-refractivity contribution in [2.45, 2.75) is 11.3 Å². The van der Waals surface area contributed by atoms with Crippen LogP contribution in [0.4, 0.5) is 17.1 Å². The summed E-state index contributed by atoms with van der Waals surface area (Å²) < 4.78 is 27.4. The number of benzene rings is 3. The van der Waals surface area contributed by atoms with E-state index in [4.69, 9.17) is 11.6 Å². The number of amides is 1. The maximum atomic E-state index is 13.2. The van der Waals surface area contributed by atoms with E-state index >= 15 is 0 Å². The Morgan fingerprint density at radius 2 is 1.84 bits per heavy atom. The molecule has 164 valence electrons. The Kier molecular flexibility index (Phi) is 5.62. The van der Waals surface area contributed by atoms with Gasteiger partial charge in [0.1, 0.15) is 0 Å². The van der Waals surface area contributed by atoms with E-state index in [1.165, 1.54) is 54.4 Å². The van der Waals surface area contributed by atoms with E-state index in [0.29, 0.717) is 29.4 Å². The molecular formula is C22H18ClN3O5S. The molecule has 0 radical (unpaired) electrons. The number of sulfonamides is 1. The first-order valence-corrected chi connectivity index (χ1v) is 11.4. The van der Waals surface area contributed by atoms with Gasteiger partial charge < -0.3 is 4.90 Å². The van der Waals surface area contributed by atoms with Gasteiger partial charge in [-0.3, -0.25) is 19.2 Å². The number of non-ortho nitro benzene ring substituents is 1. The highest BCUT2D eigenvalue weighted by Crippen LogP contribution is 2.33. The van der Waals surface area contributed by atoms with Gasteiger partial charge >= 0.3 is 0 Å². The number of rotatable bonds is 5. The minimum absolute atomic E-state index is 0.0516. The molecule has 10 heteroatoms. The van der Waals surface area contributed by atoms with Crippen LogP contribution in [0.5, 0.6) is 0 Å². The van der Waals surface area contributed by atoms with Gasteiger partial charge in [0.25, 0.3) is 21.6 Å². The van der Waals surface area contributed by atoms with Crippen LogP contribution in [0.1, 0.15) is 15.9 Å². The van der Waals surface area contributed by atoms with Crippen molar-refractivity contribution in [1.82, 2.24) is 0 Å². The van der Waals surface area contributed by atoms with Crippen molar-refractivity contribution >= 4 is 44.6 Å². The molecule has 0 unspecified atom stereocenters. The number of carbonyl (C=O) groups is 1. The summed E-state index contributed by atoms with van der Waals surface area (Å²) in [5.41, 5.74) is 1.74. The van der Waals surface area contributed by atoms with E-state index in [2.05, 4.69) is 0 Å². The SMILES string of the molecule is CN(c1cccc(Cl)c1)S(=O)(=O)c1cccc(C(=O)N2CCc3ccc([N+](=O)[O-])cc32)c1. The van der Waals surface area contributed by atoms with E-state index in [0.717, 1.165) is 9.87 Å². The second-order valence-corrected chi connectivity index (χ2v) is 9.66. The monoisotopic (exact) mass is 471 g/mol. The molecule has 1 heterocycles. The van der Waals surface area contributed by atoms with Gasteiger partial charge in [-0.05, 0) is 48.4 Å². The number of nitrogens with zero attached hydrogens (tertiary/aromatic N) is 3.